The van der Waals surface area contributed by atoms with Crippen molar-refractivity contribution < 1.29 is 13.3 Å². The molecule has 0 spiro atoms. The summed E-state index contributed by atoms with van der Waals surface area (Å²) in [5.74, 6) is -0.0804. The predicted molar refractivity (Wildman–Crippen MR) is 73.8 cm³/mol. The van der Waals surface area contributed by atoms with Gasteiger partial charge >= 0.3 is 0 Å². The number of nitro groups is 1. The number of benzene rings is 1. The lowest BCUT2D eigenvalue weighted by Crippen LogP contribution is -2.26. The fourth-order valence-electron chi connectivity index (χ4n) is 1.53. The Kier molecular flexibility index (Phi) is 5.25. The van der Waals surface area contributed by atoms with Gasteiger partial charge in [0.2, 0.25) is 10.0 Å². The van der Waals surface area contributed by atoms with E-state index in [1.54, 1.807) is 0 Å². The summed E-state index contributed by atoms with van der Waals surface area (Å²) < 4.78 is 25.9. The van der Waals surface area contributed by atoms with E-state index in [-0.39, 0.29) is 17.1 Å². The van der Waals surface area contributed by atoms with Crippen LogP contribution in [-0.2, 0) is 10.0 Å². The maximum Gasteiger partial charge on any atom is 0.274 e. The quantitative estimate of drug-likeness (QED) is 0.446. The summed E-state index contributed by atoms with van der Waals surface area (Å²) in [6.07, 6.45) is 0. The molecule has 0 saturated carbocycles. The zero-order valence-corrected chi connectivity index (χ0v) is 11.7. The number of rotatable bonds is 7. The van der Waals surface area contributed by atoms with Gasteiger partial charge in [0.05, 0.1) is 21.9 Å². The van der Waals surface area contributed by atoms with Crippen molar-refractivity contribution in [2.75, 3.05) is 23.6 Å². The van der Waals surface area contributed by atoms with E-state index in [9.17, 15) is 18.5 Å². The average Bonchev–Trinajstić information content (AvgIpc) is 2.31. The van der Waals surface area contributed by atoms with Crippen LogP contribution in [0.3, 0.4) is 0 Å². The molecule has 106 valence electrons. The van der Waals surface area contributed by atoms with Crippen LogP contribution < -0.4 is 10.0 Å². The molecule has 0 bridgehead atoms. The van der Waals surface area contributed by atoms with Crippen molar-refractivity contribution in [3.05, 3.63) is 33.9 Å². The van der Waals surface area contributed by atoms with Gasteiger partial charge in [-0.1, -0.05) is 13.0 Å². The van der Waals surface area contributed by atoms with Crippen LogP contribution in [0.15, 0.2) is 18.2 Å². The van der Waals surface area contributed by atoms with Crippen LogP contribution in [0, 0.1) is 17.0 Å². The molecule has 0 heterocycles. The first-order valence-corrected chi connectivity index (χ1v) is 7.48. The van der Waals surface area contributed by atoms with Crippen molar-refractivity contribution in [3.63, 3.8) is 0 Å². The zero-order chi connectivity index (χ0) is 14.5. The number of anilines is 1. The van der Waals surface area contributed by atoms with E-state index in [0.29, 0.717) is 18.7 Å². The smallest absolute Gasteiger partial charge is 0.274 e. The van der Waals surface area contributed by atoms with Crippen molar-refractivity contribution in [2.24, 2.45) is 0 Å². The summed E-state index contributed by atoms with van der Waals surface area (Å²) in [7, 11) is -3.51. The highest BCUT2D eigenvalue weighted by atomic mass is 32.2. The topological polar surface area (TPSA) is 101 Å². The Morgan fingerprint density at radius 3 is 2.63 bits per heavy atom. The van der Waals surface area contributed by atoms with Crippen LogP contribution in [0.4, 0.5) is 11.4 Å². The second-order valence-corrected chi connectivity index (χ2v) is 5.82. The Morgan fingerprint density at radius 1 is 1.37 bits per heavy atom. The molecule has 0 atom stereocenters. The lowest BCUT2D eigenvalue weighted by Gasteiger charge is -2.10. The summed E-state index contributed by atoms with van der Waals surface area (Å²) in [6, 6.07) is 4.30. The third-order valence-corrected chi connectivity index (χ3v) is 3.84. The number of hydrogen-bond acceptors (Lipinski definition) is 5. The maximum atomic E-state index is 11.8. The number of nitro benzene ring substituents is 1. The lowest BCUT2D eigenvalue weighted by atomic mass is 10.2. The molecule has 0 fully saturated rings. The second-order valence-electron chi connectivity index (χ2n) is 3.98. The molecule has 0 aliphatic rings. The van der Waals surface area contributed by atoms with E-state index in [0.717, 1.165) is 0 Å². The molecule has 19 heavy (non-hydrogen) atoms. The molecule has 0 aliphatic carbocycles. The van der Waals surface area contributed by atoms with E-state index in [4.69, 9.17) is 0 Å². The van der Waals surface area contributed by atoms with Crippen LogP contribution in [0.2, 0.25) is 0 Å². The first kappa shape index (κ1) is 15.4. The lowest BCUT2D eigenvalue weighted by molar-refractivity contribution is -0.385. The summed E-state index contributed by atoms with van der Waals surface area (Å²) >= 11 is 0. The molecule has 0 saturated heterocycles. The van der Waals surface area contributed by atoms with Gasteiger partial charge in [-0.3, -0.25) is 14.8 Å². The van der Waals surface area contributed by atoms with Gasteiger partial charge in [0.1, 0.15) is 0 Å². The molecule has 7 nitrogen and oxygen atoms in total. The summed E-state index contributed by atoms with van der Waals surface area (Å²) in [5.41, 5.74) is 0.442. The fraction of sp³-hybridized carbons (Fsp3) is 0.455. The van der Waals surface area contributed by atoms with Gasteiger partial charge in [-0.2, -0.15) is 0 Å². The zero-order valence-electron chi connectivity index (χ0n) is 10.8. The Labute approximate surface area is 112 Å². The SMILES string of the molecule is CCNCCS(=O)(=O)Nc1cccc([N+](=O)[O-])c1C. The Balaban J connectivity index is 2.88. The van der Waals surface area contributed by atoms with Crippen LogP contribution in [0.5, 0.6) is 0 Å². The molecule has 1 aromatic carbocycles. The molecule has 1 aromatic rings. The molecule has 0 unspecified atom stereocenters. The Morgan fingerprint density at radius 2 is 2.05 bits per heavy atom. The first-order valence-electron chi connectivity index (χ1n) is 5.82. The highest BCUT2D eigenvalue weighted by molar-refractivity contribution is 7.92. The summed E-state index contributed by atoms with van der Waals surface area (Å²) in [4.78, 5) is 10.2. The van der Waals surface area contributed by atoms with Crippen molar-refractivity contribution in [2.45, 2.75) is 13.8 Å². The van der Waals surface area contributed by atoms with E-state index in [2.05, 4.69) is 10.0 Å². The number of sulfonamides is 1. The number of nitrogens with one attached hydrogen (secondary N) is 2. The van der Waals surface area contributed by atoms with Crippen LogP contribution in [0.25, 0.3) is 0 Å². The van der Waals surface area contributed by atoms with Gasteiger partial charge in [-0.15, -0.1) is 0 Å². The van der Waals surface area contributed by atoms with Gasteiger partial charge < -0.3 is 5.32 Å². The number of hydrogen-bond donors (Lipinski definition) is 2. The monoisotopic (exact) mass is 287 g/mol. The van der Waals surface area contributed by atoms with Crippen molar-refractivity contribution >= 4 is 21.4 Å². The molecular formula is C11H17N3O4S. The number of nitrogens with zero attached hydrogens (tertiary/aromatic N) is 1. The third kappa shape index (κ3) is 4.49. The van der Waals surface area contributed by atoms with Gasteiger partial charge in [0, 0.05) is 12.6 Å². The molecule has 8 heteroatoms. The largest absolute Gasteiger partial charge is 0.316 e. The van der Waals surface area contributed by atoms with Crippen molar-refractivity contribution in [1.82, 2.24) is 5.32 Å². The van der Waals surface area contributed by atoms with Gasteiger partial charge in [0.25, 0.3) is 5.69 Å². The van der Waals surface area contributed by atoms with Gasteiger partial charge in [-0.25, -0.2) is 8.42 Å². The van der Waals surface area contributed by atoms with Crippen LogP contribution in [-0.4, -0.2) is 32.2 Å². The minimum Gasteiger partial charge on any atom is -0.316 e. The van der Waals surface area contributed by atoms with E-state index >= 15 is 0 Å². The fourth-order valence-corrected chi connectivity index (χ4v) is 2.61. The standard InChI is InChI=1S/C11H17N3O4S/c1-3-12-7-8-19(17,18)13-10-5-4-6-11(9(10)2)14(15)16/h4-6,12-13H,3,7-8H2,1-2H3. The second kappa shape index (κ2) is 6.48. The molecular weight excluding hydrogens is 270 g/mol. The highest BCUT2D eigenvalue weighted by Crippen LogP contribution is 2.25. The minimum atomic E-state index is -3.51. The molecule has 0 aliphatic heterocycles. The average molecular weight is 287 g/mol. The summed E-state index contributed by atoms with van der Waals surface area (Å²) in [6.45, 7) is 4.41. The van der Waals surface area contributed by atoms with Crippen molar-refractivity contribution in [1.29, 1.82) is 0 Å². The van der Waals surface area contributed by atoms with Gasteiger partial charge in [-0.05, 0) is 19.5 Å². The molecule has 0 radical (unpaired) electrons. The molecule has 1 rings (SSSR count). The maximum absolute atomic E-state index is 11.8. The van der Waals surface area contributed by atoms with E-state index in [1.165, 1.54) is 25.1 Å². The normalized spacial score (nSPS) is 11.3. The predicted octanol–water partition coefficient (Wildman–Crippen LogP) is 1.25. The summed E-state index contributed by atoms with van der Waals surface area (Å²) in [5, 5.41) is 13.7. The van der Waals surface area contributed by atoms with E-state index < -0.39 is 14.9 Å². The Hall–Kier alpha value is -1.67. The van der Waals surface area contributed by atoms with Crippen LogP contribution in [0.1, 0.15) is 12.5 Å². The third-order valence-electron chi connectivity index (χ3n) is 2.56. The minimum absolute atomic E-state index is 0.0804. The van der Waals surface area contributed by atoms with Crippen LogP contribution >= 0.6 is 0 Å². The first-order chi connectivity index (χ1) is 8.87. The molecule has 0 amide bonds. The Bertz CT molecular complexity index is 557. The van der Waals surface area contributed by atoms with Gasteiger partial charge in [0.15, 0.2) is 0 Å². The van der Waals surface area contributed by atoms with Crippen molar-refractivity contribution in [3.8, 4) is 0 Å². The highest BCUT2D eigenvalue weighted by Gasteiger charge is 2.17. The van der Waals surface area contributed by atoms with E-state index in [1.807, 2.05) is 6.92 Å². The molecule has 0 aromatic heterocycles. The molecule has 2 N–H and O–H groups in total.